The zero-order valence-corrected chi connectivity index (χ0v) is 14.8. The first-order valence-electron chi connectivity index (χ1n) is 9.21. The van der Waals surface area contributed by atoms with Crippen LogP contribution in [0.25, 0.3) is 0 Å². The van der Waals surface area contributed by atoms with Crippen LogP contribution in [0, 0.1) is 0 Å². The zero-order valence-electron chi connectivity index (χ0n) is 14.8. The van der Waals surface area contributed by atoms with Crippen molar-refractivity contribution in [3.63, 3.8) is 0 Å². The predicted octanol–water partition coefficient (Wildman–Crippen LogP) is 1.95. The lowest BCUT2D eigenvalue weighted by Gasteiger charge is -2.41. The van der Waals surface area contributed by atoms with Crippen LogP contribution in [0.2, 0.25) is 0 Å². The minimum atomic E-state index is 0.0771. The lowest BCUT2D eigenvalue weighted by Crippen LogP contribution is -2.49. The molecule has 0 unspecified atom stereocenters. The van der Waals surface area contributed by atoms with E-state index in [-0.39, 0.29) is 18.1 Å². The summed E-state index contributed by atoms with van der Waals surface area (Å²) in [6, 6.07) is 10.2. The molecule has 2 aliphatic rings. The molecule has 0 spiro atoms. The number of hydrogen-bond donors (Lipinski definition) is 0. The highest BCUT2D eigenvalue weighted by atomic mass is 16.5. The van der Waals surface area contributed by atoms with E-state index in [1.807, 2.05) is 39.9 Å². The van der Waals surface area contributed by atoms with Gasteiger partial charge in [0, 0.05) is 26.1 Å². The molecule has 3 heterocycles. The van der Waals surface area contributed by atoms with Crippen LogP contribution < -0.4 is 0 Å². The van der Waals surface area contributed by atoms with Gasteiger partial charge in [-0.15, -0.1) is 5.10 Å². The predicted molar refractivity (Wildman–Crippen MR) is 94.2 cm³/mol. The van der Waals surface area contributed by atoms with Gasteiger partial charge in [-0.3, -0.25) is 4.79 Å². The molecule has 4 rings (SSSR count). The number of ether oxygens (including phenoxy) is 2. The van der Waals surface area contributed by atoms with Crippen molar-refractivity contribution in [1.29, 1.82) is 0 Å². The smallest absolute Gasteiger partial charge is 0.222 e. The zero-order chi connectivity index (χ0) is 17.8. The second-order valence-corrected chi connectivity index (χ2v) is 6.86. The van der Waals surface area contributed by atoms with Gasteiger partial charge >= 0.3 is 0 Å². The van der Waals surface area contributed by atoms with Crippen molar-refractivity contribution in [2.45, 2.75) is 44.6 Å². The van der Waals surface area contributed by atoms with Gasteiger partial charge in [0.25, 0.3) is 0 Å². The van der Waals surface area contributed by atoms with Gasteiger partial charge in [-0.2, -0.15) is 0 Å². The first-order valence-corrected chi connectivity index (χ1v) is 9.21. The molecule has 2 aromatic rings. The van der Waals surface area contributed by atoms with Gasteiger partial charge in [0.15, 0.2) is 0 Å². The molecule has 0 saturated carbocycles. The highest BCUT2D eigenvalue weighted by molar-refractivity contribution is 5.76. The van der Waals surface area contributed by atoms with E-state index in [0.717, 1.165) is 30.6 Å². The molecule has 7 nitrogen and oxygen atoms in total. The van der Waals surface area contributed by atoms with Crippen LogP contribution in [-0.4, -0.2) is 51.6 Å². The van der Waals surface area contributed by atoms with E-state index in [0.29, 0.717) is 32.8 Å². The van der Waals surface area contributed by atoms with E-state index in [9.17, 15) is 4.79 Å². The molecule has 1 fully saturated rings. The molecule has 2 atom stereocenters. The maximum Gasteiger partial charge on any atom is 0.222 e. The third-order valence-corrected chi connectivity index (χ3v) is 5.07. The molecule has 26 heavy (non-hydrogen) atoms. The average molecular weight is 356 g/mol. The molecule has 138 valence electrons. The number of aromatic nitrogens is 3. The number of benzene rings is 1. The Labute approximate surface area is 152 Å². The number of rotatable bonds is 6. The second kappa shape index (κ2) is 7.97. The summed E-state index contributed by atoms with van der Waals surface area (Å²) in [6.07, 6.45) is 3.96. The molecule has 0 N–H and O–H groups in total. The normalized spacial score (nSPS) is 21.9. The molecule has 1 aromatic carbocycles. The number of carbonyl (C=O) groups is 1. The molecule has 7 heteroatoms. The van der Waals surface area contributed by atoms with Gasteiger partial charge in [-0.05, 0) is 18.4 Å². The van der Waals surface area contributed by atoms with Crippen molar-refractivity contribution in [1.82, 2.24) is 19.9 Å². The second-order valence-electron chi connectivity index (χ2n) is 6.86. The largest absolute Gasteiger partial charge is 0.377 e. The van der Waals surface area contributed by atoms with Gasteiger partial charge in [0.1, 0.15) is 0 Å². The van der Waals surface area contributed by atoms with Crippen LogP contribution in [0.4, 0.5) is 0 Å². The molecule has 2 aliphatic heterocycles. The third kappa shape index (κ3) is 3.78. The number of nitrogens with zero attached hydrogens (tertiary/aromatic N) is 4. The fraction of sp³-hybridized carbons (Fsp3) is 0.526. The Kier molecular flexibility index (Phi) is 5.26. The Morgan fingerprint density at radius 2 is 2.19 bits per heavy atom. The summed E-state index contributed by atoms with van der Waals surface area (Å²) < 4.78 is 13.5. The monoisotopic (exact) mass is 356 g/mol. The van der Waals surface area contributed by atoms with Crippen LogP contribution in [0.3, 0.4) is 0 Å². The fourth-order valence-corrected chi connectivity index (χ4v) is 3.65. The van der Waals surface area contributed by atoms with Crippen molar-refractivity contribution in [2.75, 3.05) is 19.7 Å². The van der Waals surface area contributed by atoms with Crippen molar-refractivity contribution < 1.29 is 14.3 Å². The maximum absolute atomic E-state index is 12.5. The minimum Gasteiger partial charge on any atom is -0.377 e. The van der Waals surface area contributed by atoms with Gasteiger partial charge in [0.05, 0.1) is 37.3 Å². The average Bonchev–Trinajstić information content (AvgIpc) is 3.17. The number of hydrogen-bond acceptors (Lipinski definition) is 5. The summed E-state index contributed by atoms with van der Waals surface area (Å²) in [5, 5.41) is 8.15. The first kappa shape index (κ1) is 17.2. The fourth-order valence-electron chi connectivity index (χ4n) is 3.65. The first-order chi connectivity index (χ1) is 12.8. The van der Waals surface area contributed by atoms with Gasteiger partial charge in [-0.1, -0.05) is 35.5 Å². The van der Waals surface area contributed by atoms with Gasteiger partial charge in [0.2, 0.25) is 5.91 Å². The molecule has 1 amide bonds. The minimum absolute atomic E-state index is 0.0771. The van der Waals surface area contributed by atoms with E-state index in [1.165, 1.54) is 0 Å². The number of fused-ring (bicyclic) bond motifs is 3. The van der Waals surface area contributed by atoms with E-state index in [4.69, 9.17) is 9.47 Å². The summed E-state index contributed by atoms with van der Waals surface area (Å²) in [4.78, 5) is 14.5. The molecular weight excluding hydrogens is 332 g/mol. The summed E-state index contributed by atoms with van der Waals surface area (Å²) >= 11 is 0. The van der Waals surface area contributed by atoms with Gasteiger partial charge in [-0.25, -0.2) is 4.68 Å². The van der Waals surface area contributed by atoms with Crippen molar-refractivity contribution in [2.24, 2.45) is 0 Å². The Balaban J connectivity index is 1.22. The molecule has 0 bridgehead atoms. The number of carbonyl (C=O) groups excluding carboxylic acids is 1. The summed E-state index contributed by atoms with van der Waals surface area (Å²) in [7, 11) is 0. The number of amides is 1. The van der Waals surface area contributed by atoms with E-state index < -0.39 is 0 Å². The highest BCUT2D eigenvalue weighted by Gasteiger charge is 2.37. The molecule has 0 aliphatic carbocycles. The Morgan fingerprint density at radius 1 is 1.31 bits per heavy atom. The van der Waals surface area contributed by atoms with Gasteiger partial charge < -0.3 is 14.4 Å². The maximum atomic E-state index is 12.5. The lowest BCUT2D eigenvalue weighted by molar-refractivity contribution is -0.138. The highest BCUT2D eigenvalue weighted by Crippen LogP contribution is 2.30. The third-order valence-electron chi connectivity index (χ3n) is 5.07. The number of piperidine rings is 1. The Bertz CT molecular complexity index is 733. The van der Waals surface area contributed by atoms with Crippen LogP contribution in [-0.2, 0) is 27.5 Å². The van der Waals surface area contributed by atoms with Crippen molar-refractivity contribution in [3.05, 3.63) is 47.8 Å². The topological polar surface area (TPSA) is 69.5 Å². The lowest BCUT2D eigenvalue weighted by atomic mass is 10.00. The van der Waals surface area contributed by atoms with Crippen molar-refractivity contribution >= 4 is 5.91 Å². The quantitative estimate of drug-likeness (QED) is 0.740. The summed E-state index contributed by atoms with van der Waals surface area (Å²) in [5.74, 6) is 0.180. The van der Waals surface area contributed by atoms with E-state index in [2.05, 4.69) is 10.3 Å². The Hall–Kier alpha value is -2.25. The van der Waals surface area contributed by atoms with E-state index >= 15 is 0 Å². The molecule has 0 radical (unpaired) electrons. The van der Waals surface area contributed by atoms with Crippen LogP contribution in [0.5, 0.6) is 0 Å². The summed E-state index contributed by atoms with van der Waals surface area (Å²) in [5.41, 5.74) is 2.14. The molecular formula is C19H24N4O3. The standard InChI is InChI=1S/C19H24N4O3/c24-19(7-4-10-25-13-15-5-2-1-3-6-15)22-9-8-18-17(12-22)23-16(14-26-18)11-20-21-23/h1-3,5-6,11,17-18H,4,7-10,12-14H2/t17-,18+/m1/s1. The number of likely N-dealkylation sites (tertiary alicyclic amines) is 1. The Morgan fingerprint density at radius 3 is 3.08 bits per heavy atom. The summed E-state index contributed by atoms with van der Waals surface area (Å²) in [6.45, 7) is 3.13. The SMILES string of the molecule is O=C(CCCOCc1ccccc1)N1CC[C@@H]2OCc3cnnn3[C@@H]2C1. The molecule has 1 aromatic heterocycles. The van der Waals surface area contributed by atoms with Crippen LogP contribution in [0.15, 0.2) is 36.5 Å². The van der Waals surface area contributed by atoms with Crippen LogP contribution in [0.1, 0.15) is 36.6 Å². The molecule has 1 saturated heterocycles. The van der Waals surface area contributed by atoms with Crippen molar-refractivity contribution in [3.8, 4) is 0 Å². The van der Waals surface area contributed by atoms with Crippen LogP contribution >= 0.6 is 0 Å². The van der Waals surface area contributed by atoms with E-state index in [1.54, 1.807) is 6.20 Å².